The van der Waals surface area contributed by atoms with E-state index in [0.29, 0.717) is 11.6 Å². The van der Waals surface area contributed by atoms with Gasteiger partial charge in [0.2, 0.25) is 5.88 Å². The minimum Gasteiger partial charge on any atom is -0.478 e. The van der Waals surface area contributed by atoms with Gasteiger partial charge < -0.3 is 9.84 Å². The molecule has 1 aromatic rings. The van der Waals surface area contributed by atoms with Crippen LogP contribution >= 0.6 is 11.3 Å². The molecule has 5 heteroatoms. The Hall–Kier alpha value is -2.40. The fraction of sp³-hybridized carbons (Fsp3) is 0. The molecule has 2 aliphatic rings. The first-order valence-electron chi connectivity index (χ1n) is 5.58. The van der Waals surface area contributed by atoms with Gasteiger partial charge in [-0.25, -0.2) is 9.78 Å². The highest BCUT2D eigenvalue weighted by Gasteiger charge is 2.14. The summed E-state index contributed by atoms with van der Waals surface area (Å²) in [6.07, 6.45) is 0. The molecule has 0 atom stereocenters. The summed E-state index contributed by atoms with van der Waals surface area (Å²) in [6, 6.07) is 12.1. The van der Waals surface area contributed by atoms with E-state index >= 15 is 0 Å². The Bertz CT molecular complexity index is 677. The van der Waals surface area contributed by atoms with Gasteiger partial charge in [0.25, 0.3) is 0 Å². The zero-order valence-electron chi connectivity index (χ0n) is 9.74. The van der Waals surface area contributed by atoms with E-state index in [1.807, 2.05) is 17.5 Å². The number of carboxylic acids is 1. The van der Waals surface area contributed by atoms with Crippen LogP contribution in [0, 0.1) is 0 Å². The fourth-order valence-corrected chi connectivity index (χ4v) is 2.45. The van der Waals surface area contributed by atoms with Crippen LogP contribution in [0.25, 0.3) is 10.6 Å². The van der Waals surface area contributed by atoms with Gasteiger partial charge in [-0.15, -0.1) is 11.3 Å². The molecule has 0 unspecified atom stereocenters. The van der Waals surface area contributed by atoms with Crippen molar-refractivity contribution >= 4 is 17.3 Å². The largest absolute Gasteiger partial charge is 0.478 e. The number of ether oxygens (including phenoxy) is 1. The molecule has 0 bridgehead atoms. The maximum atomic E-state index is 11.1. The Balaban J connectivity index is 1.98. The normalized spacial score (nSPS) is 10.5. The topological polar surface area (TPSA) is 59.4 Å². The SMILES string of the molecule is O=C(O)c1ccccc1Oc1cc2scccc-2n1. The Morgan fingerprint density at radius 1 is 1.21 bits per heavy atom. The average Bonchev–Trinajstić information content (AvgIpc) is 2.81. The first-order chi connectivity index (χ1) is 9.24. The number of carboxylic acid groups (broad SMARTS) is 1. The molecule has 0 aromatic heterocycles. The minimum absolute atomic E-state index is 0.123. The van der Waals surface area contributed by atoms with E-state index in [1.165, 1.54) is 6.07 Å². The monoisotopic (exact) mass is 271 g/mol. The van der Waals surface area contributed by atoms with Crippen molar-refractivity contribution < 1.29 is 14.6 Å². The molecule has 19 heavy (non-hydrogen) atoms. The van der Waals surface area contributed by atoms with Crippen LogP contribution in [-0.2, 0) is 0 Å². The lowest BCUT2D eigenvalue weighted by Crippen LogP contribution is -1.99. The van der Waals surface area contributed by atoms with Gasteiger partial charge in [-0.1, -0.05) is 18.2 Å². The van der Waals surface area contributed by atoms with E-state index in [-0.39, 0.29) is 5.56 Å². The first-order valence-corrected chi connectivity index (χ1v) is 6.46. The van der Waals surface area contributed by atoms with Crippen molar-refractivity contribution in [2.45, 2.75) is 0 Å². The lowest BCUT2D eigenvalue weighted by atomic mass is 10.2. The summed E-state index contributed by atoms with van der Waals surface area (Å²) < 4.78 is 5.57. The molecule has 0 aliphatic carbocycles. The molecule has 0 spiro atoms. The second-order valence-corrected chi connectivity index (χ2v) is 4.81. The van der Waals surface area contributed by atoms with Crippen molar-refractivity contribution in [1.29, 1.82) is 0 Å². The Morgan fingerprint density at radius 2 is 2.05 bits per heavy atom. The molecule has 3 rings (SSSR count). The second kappa shape index (κ2) is 4.70. The lowest BCUT2D eigenvalue weighted by molar-refractivity contribution is 0.0694. The van der Waals surface area contributed by atoms with Crippen molar-refractivity contribution in [3.63, 3.8) is 0 Å². The number of aromatic carboxylic acids is 1. The van der Waals surface area contributed by atoms with E-state index < -0.39 is 5.97 Å². The average molecular weight is 271 g/mol. The Morgan fingerprint density at radius 3 is 2.84 bits per heavy atom. The summed E-state index contributed by atoms with van der Waals surface area (Å²) in [5.74, 6) is -0.316. The summed E-state index contributed by atoms with van der Waals surface area (Å²) in [7, 11) is 0. The van der Waals surface area contributed by atoms with Crippen LogP contribution in [0.4, 0.5) is 0 Å². The van der Waals surface area contributed by atoms with Crippen LogP contribution in [0.2, 0.25) is 0 Å². The third kappa shape index (κ3) is 2.28. The summed E-state index contributed by atoms with van der Waals surface area (Å²) in [5.41, 5.74) is 0.966. The van der Waals surface area contributed by atoms with Gasteiger partial charge in [-0.05, 0) is 23.6 Å². The van der Waals surface area contributed by atoms with Gasteiger partial charge in [0.15, 0.2) is 0 Å². The first kappa shape index (κ1) is 11.7. The van der Waals surface area contributed by atoms with Crippen LogP contribution < -0.4 is 4.74 Å². The second-order valence-electron chi connectivity index (χ2n) is 3.86. The van der Waals surface area contributed by atoms with E-state index in [4.69, 9.17) is 9.84 Å². The molecule has 4 nitrogen and oxygen atoms in total. The van der Waals surface area contributed by atoms with Crippen molar-refractivity contribution in [1.82, 2.24) is 4.98 Å². The molecule has 2 aliphatic heterocycles. The van der Waals surface area contributed by atoms with E-state index in [2.05, 4.69) is 4.98 Å². The number of aromatic nitrogens is 1. The highest BCUT2D eigenvalue weighted by atomic mass is 32.1. The van der Waals surface area contributed by atoms with Crippen molar-refractivity contribution in [3.8, 4) is 22.2 Å². The number of hydrogen-bond acceptors (Lipinski definition) is 4. The van der Waals surface area contributed by atoms with E-state index in [0.717, 1.165) is 10.6 Å². The summed E-state index contributed by atoms with van der Waals surface area (Å²) in [6.45, 7) is 0. The van der Waals surface area contributed by atoms with Gasteiger partial charge in [0, 0.05) is 6.07 Å². The fourth-order valence-electron chi connectivity index (χ4n) is 1.75. The highest BCUT2D eigenvalue weighted by molar-refractivity contribution is 7.13. The molecule has 1 aromatic carbocycles. The van der Waals surface area contributed by atoms with E-state index in [1.54, 1.807) is 35.6 Å². The maximum absolute atomic E-state index is 11.1. The van der Waals surface area contributed by atoms with Gasteiger partial charge in [0.1, 0.15) is 11.3 Å². The molecule has 94 valence electrons. The van der Waals surface area contributed by atoms with Crippen molar-refractivity contribution in [2.75, 3.05) is 0 Å². The quantitative estimate of drug-likeness (QED) is 0.788. The number of rotatable bonds is 3. The lowest BCUT2D eigenvalue weighted by Gasteiger charge is -2.05. The summed E-state index contributed by atoms with van der Waals surface area (Å²) in [4.78, 5) is 16.4. The molecule has 0 amide bonds. The van der Waals surface area contributed by atoms with Crippen LogP contribution in [0.3, 0.4) is 0 Å². The number of fused-ring (bicyclic) bond motifs is 1. The zero-order valence-corrected chi connectivity index (χ0v) is 10.6. The van der Waals surface area contributed by atoms with Gasteiger partial charge >= 0.3 is 5.97 Å². The molecule has 0 saturated heterocycles. The van der Waals surface area contributed by atoms with Gasteiger partial charge in [-0.2, -0.15) is 0 Å². The number of para-hydroxylation sites is 1. The standard InChI is InChI=1S/C14H9NO3S/c16-14(17)9-4-1-2-6-11(9)18-13-8-12-10(15-13)5-3-7-19-12/h1-8H,(H,16,17). The Labute approximate surface area is 113 Å². The predicted molar refractivity (Wildman–Crippen MR) is 72.2 cm³/mol. The van der Waals surface area contributed by atoms with Crippen LogP contribution in [0.15, 0.2) is 47.8 Å². The summed E-state index contributed by atoms with van der Waals surface area (Å²) >= 11 is 1.56. The molecular weight excluding hydrogens is 262 g/mol. The molecule has 0 radical (unpaired) electrons. The van der Waals surface area contributed by atoms with Gasteiger partial charge in [-0.3, -0.25) is 0 Å². The predicted octanol–water partition coefficient (Wildman–Crippen LogP) is 3.74. The number of benzene rings is 1. The number of carbonyl (C=O) groups is 1. The van der Waals surface area contributed by atoms with Crippen molar-refractivity contribution in [3.05, 3.63) is 53.4 Å². The Kier molecular flexibility index (Phi) is 2.89. The third-order valence-corrected chi connectivity index (χ3v) is 3.47. The highest BCUT2D eigenvalue weighted by Crippen LogP contribution is 2.33. The minimum atomic E-state index is -1.02. The van der Waals surface area contributed by atoms with Crippen LogP contribution in [0.1, 0.15) is 10.4 Å². The molecule has 1 N–H and O–H groups in total. The zero-order chi connectivity index (χ0) is 13.2. The van der Waals surface area contributed by atoms with Gasteiger partial charge in [0.05, 0.1) is 10.6 Å². The molecule has 0 fully saturated rings. The van der Waals surface area contributed by atoms with Crippen LogP contribution in [0.5, 0.6) is 11.6 Å². The molecule has 2 heterocycles. The maximum Gasteiger partial charge on any atom is 0.339 e. The molecule has 0 saturated carbocycles. The smallest absolute Gasteiger partial charge is 0.339 e. The number of nitrogens with zero attached hydrogens (tertiary/aromatic N) is 1. The van der Waals surface area contributed by atoms with Crippen molar-refractivity contribution in [2.24, 2.45) is 0 Å². The van der Waals surface area contributed by atoms with Crippen LogP contribution in [-0.4, -0.2) is 16.1 Å². The third-order valence-electron chi connectivity index (χ3n) is 2.60. The molecular formula is C14H9NO3S. The summed E-state index contributed by atoms with van der Waals surface area (Å²) in [5, 5.41) is 11.0. The van der Waals surface area contributed by atoms with E-state index in [9.17, 15) is 4.79 Å². The number of hydrogen-bond donors (Lipinski definition) is 1.